The van der Waals surface area contributed by atoms with E-state index in [-0.39, 0.29) is 6.04 Å². The monoisotopic (exact) mass is 285 g/mol. The van der Waals surface area contributed by atoms with Gasteiger partial charge in [-0.2, -0.15) is 0 Å². The molecular weight excluding hydrogens is 266 g/mol. The van der Waals surface area contributed by atoms with Gasteiger partial charge in [-0.25, -0.2) is 4.98 Å². The molecule has 0 amide bonds. The minimum absolute atomic E-state index is 0.186. The van der Waals surface area contributed by atoms with Crippen molar-refractivity contribution in [2.45, 2.75) is 32.9 Å². The second-order valence-corrected chi connectivity index (χ2v) is 6.30. The lowest BCUT2D eigenvalue weighted by atomic mass is 10.0. The van der Waals surface area contributed by atoms with Gasteiger partial charge in [0, 0.05) is 34.2 Å². The average molecular weight is 285 g/mol. The molecule has 0 aliphatic heterocycles. The molecule has 1 unspecified atom stereocenters. The van der Waals surface area contributed by atoms with Gasteiger partial charge < -0.3 is 10.3 Å². The number of aromatic nitrogens is 2. The van der Waals surface area contributed by atoms with Crippen molar-refractivity contribution >= 4 is 22.2 Å². The third-order valence-corrected chi connectivity index (χ3v) is 4.37. The number of nitrogens with zero attached hydrogens (tertiary/aromatic N) is 2. The molecular formula is C16H19N3S. The highest BCUT2D eigenvalue weighted by Crippen LogP contribution is 2.23. The highest BCUT2D eigenvalue weighted by atomic mass is 32.1. The van der Waals surface area contributed by atoms with Gasteiger partial charge in [0.25, 0.3) is 0 Å². The number of hydrogen-bond donors (Lipinski definition) is 1. The van der Waals surface area contributed by atoms with Crippen molar-refractivity contribution in [3.05, 3.63) is 52.1 Å². The van der Waals surface area contributed by atoms with Gasteiger partial charge in [0.2, 0.25) is 0 Å². The van der Waals surface area contributed by atoms with Gasteiger partial charge in [0.05, 0.1) is 6.54 Å². The van der Waals surface area contributed by atoms with E-state index in [9.17, 15) is 0 Å². The normalized spacial score (nSPS) is 12.9. The molecule has 3 aromatic rings. The maximum Gasteiger partial charge on any atom is 0.113 e. The maximum absolute atomic E-state index is 5.93. The van der Waals surface area contributed by atoms with Crippen molar-refractivity contribution in [1.82, 2.24) is 9.55 Å². The molecule has 0 fully saturated rings. The predicted octanol–water partition coefficient (Wildman–Crippen LogP) is 3.34. The average Bonchev–Trinajstić information content (AvgIpc) is 2.97. The number of rotatable bonds is 4. The first kappa shape index (κ1) is 13.3. The fourth-order valence-electron chi connectivity index (χ4n) is 2.57. The van der Waals surface area contributed by atoms with Crippen LogP contribution < -0.4 is 5.73 Å². The fourth-order valence-corrected chi connectivity index (χ4v) is 3.34. The maximum atomic E-state index is 5.93. The lowest BCUT2D eigenvalue weighted by Gasteiger charge is -2.08. The number of thiazole rings is 1. The molecule has 0 saturated heterocycles. The molecule has 2 aromatic heterocycles. The zero-order chi connectivity index (χ0) is 14.1. The van der Waals surface area contributed by atoms with Gasteiger partial charge in [-0.05, 0) is 38.0 Å². The molecule has 3 nitrogen and oxygen atoms in total. The Balaban J connectivity index is 1.97. The van der Waals surface area contributed by atoms with Crippen LogP contribution >= 0.6 is 11.3 Å². The summed E-state index contributed by atoms with van der Waals surface area (Å²) < 4.78 is 2.26. The van der Waals surface area contributed by atoms with Gasteiger partial charge in [-0.1, -0.05) is 12.1 Å². The van der Waals surface area contributed by atoms with E-state index in [0.29, 0.717) is 0 Å². The van der Waals surface area contributed by atoms with Crippen molar-refractivity contribution in [3.63, 3.8) is 0 Å². The number of hydrogen-bond acceptors (Lipinski definition) is 3. The summed E-state index contributed by atoms with van der Waals surface area (Å²) in [5.74, 6) is 0. The van der Waals surface area contributed by atoms with Crippen molar-refractivity contribution in [1.29, 1.82) is 0 Å². The van der Waals surface area contributed by atoms with Crippen LogP contribution in [0.3, 0.4) is 0 Å². The molecule has 2 heterocycles. The van der Waals surface area contributed by atoms with E-state index in [1.807, 2.05) is 13.8 Å². The minimum atomic E-state index is 0.186. The van der Waals surface area contributed by atoms with Gasteiger partial charge in [-0.15, -0.1) is 11.3 Å². The summed E-state index contributed by atoms with van der Waals surface area (Å²) in [5.41, 5.74) is 9.62. The molecule has 20 heavy (non-hydrogen) atoms. The standard InChI is InChI=1S/C16H19N3S/c1-11(17)8-13-4-3-5-15-14(13)6-7-19(15)9-16-18-12(2)10-20-16/h3-7,10-11H,8-9,17H2,1-2H3. The van der Waals surface area contributed by atoms with Gasteiger partial charge >= 0.3 is 0 Å². The van der Waals surface area contributed by atoms with Crippen molar-refractivity contribution in [3.8, 4) is 0 Å². The number of fused-ring (bicyclic) bond motifs is 1. The Bertz CT molecular complexity index is 724. The van der Waals surface area contributed by atoms with Crippen LogP contribution in [-0.2, 0) is 13.0 Å². The SMILES string of the molecule is Cc1csc(Cn2ccc3c(CC(C)N)cccc32)n1. The number of aryl methyl sites for hydroxylation is 1. The molecule has 1 aromatic carbocycles. The summed E-state index contributed by atoms with van der Waals surface area (Å²) in [7, 11) is 0. The Hall–Kier alpha value is -1.65. The predicted molar refractivity (Wildman–Crippen MR) is 85.2 cm³/mol. The van der Waals surface area contributed by atoms with Crippen LogP contribution in [0.15, 0.2) is 35.8 Å². The van der Waals surface area contributed by atoms with E-state index in [0.717, 1.165) is 23.7 Å². The molecule has 0 spiro atoms. The van der Waals surface area contributed by atoms with Crippen molar-refractivity contribution in [2.75, 3.05) is 0 Å². The van der Waals surface area contributed by atoms with Crippen LogP contribution in [-0.4, -0.2) is 15.6 Å². The highest BCUT2D eigenvalue weighted by molar-refractivity contribution is 7.09. The van der Waals surface area contributed by atoms with Crippen LogP contribution in [0.1, 0.15) is 23.2 Å². The molecule has 2 N–H and O–H groups in total. The Kier molecular flexibility index (Phi) is 3.59. The van der Waals surface area contributed by atoms with Crippen LogP contribution in [0.25, 0.3) is 10.9 Å². The van der Waals surface area contributed by atoms with Gasteiger partial charge in [0.1, 0.15) is 5.01 Å². The second-order valence-electron chi connectivity index (χ2n) is 5.36. The second kappa shape index (κ2) is 5.38. The smallest absolute Gasteiger partial charge is 0.113 e. The fraction of sp³-hybridized carbons (Fsp3) is 0.312. The first-order chi connectivity index (χ1) is 9.63. The lowest BCUT2D eigenvalue weighted by Crippen LogP contribution is -2.17. The molecule has 3 rings (SSSR count). The third kappa shape index (κ3) is 2.62. The molecule has 0 bridgehead atoms. The van der Waals surface area contributed by atoms with E-state index in [4.69, 9.17) is 5.73 Å². The van der Waals surface area contributed by atoms with E-state index in [1.54, 1.807) is 11.3 Å². The number of benzene rings is 1. The van der Waals surface area contributed by atoms with E-state index >= 15 is 0 Å². The van der Waals surface area contributed by atoms with Crippen molar-refractivity contribution in [2.24, 2.45) is 5.73 Å². The molecule has 104 valence electrons. The Labute approximate surface area is 123 Å². The van der Waals surface area contributed by atoms with E-state index in [2.05, 4.69) is 45.4 Å². The molecule has 0 radical (unpaired) electrons. The zero-order valence-electron chi connectivity index (χ0n) is 11.8. The van der Waals surface area contributed by atoms with Crippen molar-refractivity contribution < 1.29 is 0 Å². The van der Waals surface area contributed by atoms with Gasteiger partial charge in [0.15, 0.2) is 0 Å². The first-order valence-corrected chi connectivity index (χ1v) is 7.75. The van der Waals surface area contributed by atoms with Crippen LogP contribution in [0.4, 0.5) is 0 Å². The molecule has 4 heteroatoms. The summed E-state index contributed by atoms with van der Waals surface area (Å²) in [4.78, 5) is 4.54. The zero-order valence-corrected chi connectivity index (χ0v) is 12.7. The highest BCUT2D eigenvalue weighted by Gasteiger charge is 2.08. The van der Waals surface area contributed by atoms with Gasteiger partial charge in [-0.3, -0.25) is 0 Å². The summed E-state index contributed by atoms with van der Waals surface area (Å²) >= 11 is 1.72. The topological polar surface area (TPSA) is 43.8 Å². The largest absolute Gasteiger partial charge is 0.341 e. The van der Waals surface area contributed by atoms with Crippen LogP contribution in [0.2, 0.25) is 0 Å². The summed E-state index contributed by atoms with van der Waals surface area (Å²) in [6, 6.07) is 8.83. The summed E-state index contributed by atoms with van der Waals surface area (Å²) in [6.45, 7) is 4.92. The lowest BCUT2D eigenvalue weighted by molar-refractivity contribution is 0.741. The molecule has 0 aliphatic rings. The van der Waals surface area contributed by atoms with E-state index < -0.39 is 0 Å². The third-order valence-electron chi connectivity index (χ3n) is 3.42. The Morgan fingerprint density at radius 2 is 2.20 bits per heavy atom. The minimum Gasteiger partial charge on any atom is -0.341 e. The quantitative estimate of drug-likeness (QED) is 0.799. The van der Waals surface area contributed by atoms with Crippen LogP contribution in [0.5, 0.6) is 0 Å². The summed E-state index contributed by atoms with van der Waals surface area (Å²) in [5, 5.41) is 4.55. The molecule has 0 aliphatic carbocycles. The Morgan fingerprint density at radius 1 is 1.35 bits per heavy atom. The van der Waals surface area contributed by atoms with E-state index in [1.165, 1.54) is 16.5 Å². The molecule has 1 atom stereocenters. The summed E-state index contributed by atoms with van der Waals surface area (Å²) in [6.07, 6.45) is 3.06. The Morgan fingerprint density at radius 3 is 2.90 bits per heavy atom. The number of nitrogens with two attached hydrogens (primary N) is 1. The molecule has 0 saturated carbocycles. The van der Waals surface area contributed by atoms with Crippen LogP contribution in [0, 0.1) is 6.92 Å². The first-order valence-electron chi connectivity index (χ1n) is 6.87.